The van der Waals surface area contributed by atoms with Crippen LogP contribution in [0.25, 0.3) is 17.2 Å². The van der Waals surface area contributed by atoms with Gasteiger partial charge in [0.2, 0.25) is 5.91 Å². The number of benzene rings is 2. The van der Waals surface area contributed by atoms with Crippen LogP contribution in [0.5, 0.6) is 11.5 Å². The van der Waals surface area contributed by atoms with Crippen molar-refractivity contribution in [2.75, 3.05) is 19.5 Å². The fraction of sp³-hybridized carbons (Fsp3) is 0.208. The number of nitrogens with one attached hydrogen (secondary N) is 1. The molecule has 10 heteroatoms. The van der Waals surface area contributed by atoms with Gasteiger partial charge in [0, 0.05) is 29.0 Å². The van der Waals surface area contributed by atoms with Crippen LogP contribution in [-0.4, -0.2) is 45.1 Å². The van der Waals surface area contributed by atoms with Gasteiger partial charge < -0.3 is 14.8 Å². The standard InChI is InChI=1S/C24H21FN6O3/c1-13-21-17(16-5-4-6-19(33-2)22(16)34-3)11-20(32)28-23(21)31(30-13)24-27-18(12-26-29-24)14-7-9-15(25)10-8-14/h4-10,12,17H,11H2,1-3H3,(H,28,32)/t17-/m1/s1. The van der Waals surface area contributed by atoms with Crippen LogP contribution in [0.3, 0.4) is 0 Å². The molecule has 0 unspecified atom stereocenters. The second-order valence-electron chi connectivity index (χ2n) is 7.80. The number of carbonyl (C=O) groups excluding carboxylic acids is 1. The number of aromatic nitrogens is 5. The van der Waals surface area contributed by atoms with Crippen LogP contribution in [0.15, 0.2) is 48.7 Å². The van der Waals surface area contributed by atoms with Crippen molar-refractivity contribution in [1.82, 2.24) is 25.0 Å². The molecule has 0 spiro atoms. The molecule has 3 heterocycles. The molecular weight excluding hydrogens is 439 g/mol. The normalized spacial score (nSPS) is 14.9. The van der Waals surface area contributed by atoms with Gasteiger partial charge in [-0.05, 0) is 37.3 Å². The van der Waals surface area contributed by atoms with E-state index in [4.69, 9.17) is 9.47 Å². The second-order valence-corrected chi connectivity index (χ2v) is 7.80. The predicted octanol–water partition coefficient (Wildman–Crippen LogP) is 3.66. The van der Waals surface area contributed by atoms with Gasteiger partial charge in [-0.2, -0.15) is 14.9 Å². The van der Waals surface area contributed by atoms with Crippen molar-refractivity contribution >= 4 is 11.7 Å². The molecule has 0 saturated heterocycles. The molecule has 0 bridgehead atoms. The molecule has 1 amide bonds. The topological polar surface area (TPSA) is 104 Å². The first kappa shape index (κ1) is 21.5. The van der Waals surface area contributed by atoms with Crippen LogP contribution in [0, 0.1) is 12.7 Å². The number of anilines is 1. The average molecular weight is 460 g/mol. The Morgan fingerprint density at radius 3 is 2.65 bits per heavy atom. The highest BCUT2D eigenvalue weighted by Gasteiger charge is 2.35. The van der Waals surface area contributed by atoms with Gasteiger partial charge in [0.25, 0.3) is 5.95 Å². The minimum absolute atomic E-state index is 0.175. The van der Waals surface area contributed by atoms with Crippen LogP contribution < -0.4 is 14.8 Å². The van der Waals surface area contributed by atoms with E-state index in [-0.39, 0.29) is 30.0 Å². The van der Waals surface area contributed by atoms with E-state index in [1.165, 1.54) is 23.0 Å². The first-order valence-electron chi connectivity index (χ1n) is 10.6. The number of halogens is 1. The second kappa shape index (κ2) is 8.54. The van der Waals surface area contributed by atoms with E-state index >= 15 is 0 Å². The van der Waals surface area contributed by atoms with Crippen molar-refractivity contribution < 1.29 is 18.7 Å². The van der Waals surface area contributed by atoms with Crippen molar-refractivity contribution in [3.05, 3.63) is 71.3 Å². The molecule has 1 aliphatic heterocycles. The third-order valence-corrected chi connectivity index (χ3v) is 5.79. The number of hydrogen-bond donors (Lipinski definition) is 1. The third-order valence-electron chi connectivity index (χ3n) is 5.79. The molecule has 0 radical (unpaired) electrons. The fourth-order valence-electron chi connectivity index (χ4n) is 4.29. The number of fused-ring (bicyclic) bond motifs is 1. The smallest absolute Gasteiger partial charge is 0.272 e. The molecule has 34 heavy (non-hydrogen) atoms. The quantitative estimate of drug-likeness (QED) is 0.485. The molecule has 2 aromatic carbocycles. The summed E-state index contributed by atoms with van der Waals surface area (Å²) in [6, 6.07) is 11.5. The molecule has 1 aliphatic rings. The molecule has 5 rings (SSSR count). The predicted molar refractivity (Wildman–Crippen MR) is 122 cm³/mol. The lowest BCUT2D eigenvalue weighted by molar-refractivity contribution is -0.116. The maximum Gasteiger partial charge on any atom is 0.272 e. The Hall–Kier alpha value is -4.34. The molecular formula is C24H21FN6O3. The highest BCUT2D eigenvalue weighted by Crippen LogP contribution is 2.45. The molecule has 0 aliphatic carbocycles. The lowest BCUT2D eigenvalue weighted by atomic mass is 9.85. The number of aryl methyl sites for hydroxylation is 1. The van der Waals surface area contributed by atoms with E-state index in [0.29, 0.717) is 34.3 Å². The Labute approximate surface area is 194 Å². The van der Waals surface area contributed by atoms with E-state index < -0.39 is 0 Å². The van der Waals surface area contributed by atoms with Gasteiger partial charge in [0.15, 0.2) is 11.5 Å². The van der Waals surface area contributed by atoms with E-state index in [1.54, 1.807) is 26.4 Å². The molecule has 1 N–H and O–H groups in total. The minimum atomic E-state index is -0.343. The zero-order valence-electron chi connectivity index (χ0n) is 18.7. The molecule has 172 valence electrons. The summed E-state index contributed by atoms with van der Waals surface area (Å²) in [5.74, 6) is 0.981. The Bertz CT molecular complexity index is 1390. The lowest BCUT2D eigenvalue weighted by Gasteiger charge is -2.26. The van der Waals surface area contributed by atoms with E-state index in [0.717, 1.165) is 11.1 Å². The third kappa shape index (κ3) is 3.62. The Morgan fingerprint density at radius 2 is 1.91 bits per heavy atom. The van der Waals surface area contributed by atoms with Crippen LogP contribution in [0.2, 0.25) is 0 Å². The zero-order chi connectivity index (χ0) is 23.8. The molecule has 0 saturated carbocycles. The van der Waals surface area contributed by atoms with Crippen LogP contribution in [0.4, 0.5) is 10.2 Å². The van der Waals surface area contributed by atoms with Gasteiger partial charge >= 0.3 is 0 Å². The van der Waals surface area contributed by atoms with Crippen molar-refractivity contribution in [3.63, 3.8) is 0 Å². The zero-order valence-corrected chi connectivity index (χ0v) is 18.7. The van der Waals surface area contributed by atoms with Crippen molar-refractivity contribution in [2.45, 2.75) is 19.3 Å². The minimum Gasteiger partial charge on any atom is -0.493 e. The van der Waals surface area contributed by atoms with E-state index in [9.17, 15) is 9.18 Å². The first-order chi connectivity index (χ1) is 16.5. The Balaban J connectivity index is 1.63. The summed E-state index contributed by atoms with van der Waals surface area (Å²) in [6.07, 6.45) is 1.71. The number of hydrogen-bond acceptors (Lipinski definition) is 7. The van der Waals surface area contributed by atoms with E-state index in [1.807, 2.05) is 25.1 Å². The maximum absolute atomic E-state index is 13.3. The van der Waals surface area contributed by atoms with Gasteiger partial charge in [0.05, 0.1) is 31.8 Å². The van der Waals surface area contributed by atoms with E-state index in [2.05, 4.69) is 25.6 Å². The summed E-state index contributed by atoms with van der Waals surface area (Å²) in [4.78, 5) is 17.3. The van der Waals surface area contributed by atoms with Gasteiger partial charge in [-0.25, -0.2) is 9.37 Å². The largest absolute Gasteiger partial charge is 0.493 e. The number of amides is 1. The summed E-state index contributed by atoms with van der Waals surface area (Å²) in [5.41, 5.74) is 3.54. The number of methoxy groups -OCH3 is 2. The van der Waals surface area contributed by atoms with Crippen molar-refractivity contribution in [3.8, 4) is 28.7 Å². The van der Waals surface area contributed by atoms with Gasteiger partial charge in [-0.15, -0.1) is 5.10 Å². The molecule has 0 fully saturated rings. The van der Waals surface area contributed by atoms with Gasteiger partial charge in [0.1, 0.15) is 11.6 Å². The van der Waals surface area contributed by atoms with Gasteiger partial charge in [-0.1, -0.05) is 12.1 Å². The summed E-state index contributed by atoms with van der Waals surface area (Å²) >= 11 is 0. The number of nitrogens with zero attached hydrogens (tertiary/aromatic N) is 5. The lowest BCUT2D eigenvalue weighted by Crippen LogP contribution is -2.25. The summed E-state index contributed by atoms with van der Waals surface area (Å²) in [6.45, 7) is 1.86. The molecule has 4 aromatic rings. The molecule has 2 aromatic heterocycles. The highest BCUT2D eigenvalue weighted by atomic mass is 19.1. The number of ether oxygens (including phenoxy) is 2. The van der Waals surface area contributed by atoms with Crippen LogP contribution in [0.1, 0.15) is 29.2 Å². The summed E-state index contributed by atoms with van der Waals surface area (Å²) in [7, 11) is 3.14. The molecule has 1 atom stereocenters. The Kier molecular flexibility index (Phi) is 5.40. The Morgan fingerprint density at radius 1 is 1.12 bits per heavy atom. The van der Waals surface area contributed by atoms with Crippen molar-refractivity contribution in [1.29, 1.82) is 0 Å². The van der Waals surface area contributed by atoms with Crippen LogP contribution >= 0.6 is 0 Å². The van der Waals surface area contributed by atoms with Crippen LogP contribution in [-0.2, 0) is 4.79 Å². The highest BCUT2D eigenvalue weighted by molar-refractivity contribution is 5.95. The number of rotatable bonds is 5. The summed E-state index contributed by atoms with van der Waals surface area (Å²) in [5, 5.41) is 15.7. The molecule has 9 nitrogen and oxygen atoms in total. The number of carbonyl (C=O) groups is 1. The average Bonchev–Trinajstić information content (AvgIpc) is 3.19. The fourth-order valence-corrected chi connectivity index (χ4v) is 4.29. The SMILES string of the molecule is COc1cccc([C@H]2CC(=O)Nc3c2c(C)nn3-c2nncc(-c3ccc(F)cc3)n2)c1OC. The monoisotopic (exact) mass is 460 g/mol. The maximum atomic E-state index is 13.3. The van der Waals surface area contributed by atoms with Crippen molar-refractivity contribution in [2.24, 2.45) is 0 Å². The first-order valence-corrected chi connectivity index (χ1v) is 10.6. The summed E-state index contributed by atoms with van der Waals surface area (Å²) < 4.78 is 25.9. The van der Waals surface area contributed by atoms with Gasteiger partial charge in [-0.3, -0.25) is 4.79 Å². The number of para-hydroxylation sites is 1.